The molecule has 0 aliphatic rings. The van der Waals surface area contributed by atoms with Gasteiger partial charge in [-0.15, -0.1) is 11.6 Å². The molecule has 0 atom stereocenters. The minimum Gasteiger partial charge on any atom is -0.327 e. The third-order valence-electron chi connectivity index (χ3n) is 2.23. The number of nitrogens with zero attached hydrogens (tertiary/aromatic N) is 2. The lowest BCUT2D eigenvalue weighted by Gasteiger charge is -2.02. The van der Waals surface area contributed by atoms with Gasteiger partial charge in [0.2, 0.25) is 0 Å². The first kappa shape index (κ1) is 9.46. The molecule has 4 heteroatoms. The SMILES string of the molecule is CCn1c(CCl)nc2ccc(F)cc21. The molecule has 0 saturated heterocycles. The summed E-state index contributed by atoms with van der Waals surface area (Å²) in [6, 6.07) is 4.57. The van der Waals surface area contributed by atoms with E-state index >= 15 is 0 Å². The molecule has 0 fully saturated rings. The fraction of sp³-hybridized carbons (Fsp3) is 0.300. The summed E-state index contributed by atoms with van der Waals surface area (Å²) in [4.78, 5) is 4.31. The van der Waals surface area contributed by atoms with Crippen LogP contribution >= 0.6 is 11.6 Å². The molecule has 0 radical (unpaired) electrons. The summed E-state index contributed by atoms with van der Waals surface area (Å²) in [6.07, 6.45) is 0. The number of benzene rings is 1. The molecule has 0 unspecified atom stereocenters. The Hall–Kier alpha value is -1.09. The maximum atomic E-state index is 13.0. The molecule has 0 N–H and O–H groups in total. The van der Waals surface area contributed by atoms with E-state index in [1.807, 2.05) is 11.5 Å². The largest absolute Gasteiger partial charge is 0.327 e. The molecule has 0 saturated carbocycles. The van der Waals surface area contributed by atoms with Crippen molar-refractivity contribution in [1.82, 2.24) is 9.55 Å². The molecule has 14 heavy (non-hydrogen) atoms. The molecule has 0 bridgehead atoms. The molecule has 74 valence electrons. The van der Waals surface area contributed by atoms with E-state index in [9.17, 15) is 4.39 Å². The molecule has 1 aromatic carbocycles. The fourth-order valence-corrected chi connectivity index (χ4v) is 1.80. The quantitative estimate of drug-likeness (QED) is 0.700. The zero-order chi connectivity index (χ0) is 10.1. The lowest BCUT2D eigenvalue weighted by Crippen LogP contribution is -1.99. The van der Waals surface area contributed by atoms with E-state index in [2.05, 4.69) is 4.98 Å². The van der Waals surface area contributed by atoms with Gasteiger partial charge in [-0.2, -0.15) is 0 Å². The van der Waals surface area contributed by atoms with E-state index in [0.717, 1.165) is 23.4 Å². The highest BCUT2D eigenvalue weighted by Crippen LogP contribution is 2.18. The maximum absolute atomic E-state index is 13.0. The van der Waals surface area contributed by atoms with E-state index in [-0.39, 0.29) is 5.82 Å². The smallest absolute Gasteiger partial charge is 0.125 e. The zero-order valence-electron chi connectivity index (χ0n) is 7.80. The number of aromatic nitrogens is 2. The van der Waals surface area contributed by atoms with Gasteiger partial charge in [0.15, 0.2) is 0 Å². The zero-order valence-corrected chi connectivity index (χ0v) is 8.55. The molecule has 1 aromatic heterocycles. The highest BCUT2D eigenvalue weighted by molar-refractivity contribution is 6.16. The van der Waals surface area contributed by atoms with Crippen LogP contribution in [0.2, 0.25) is 0 Å². The fourth-order valence-electron chi connectivity index (χ4n) is 1.60. The lowest BCUT2D eigenvalue weighted by atomic mass is 10.3. The summed E-state index contributed by atoms with van der Waals surface area (Å²) >= 11 is 5.75. The van der Waals surface area contributed by atoms with Crippen molar-refractivity contribution in [3.05, 3.63) is 29.8 Å². The second-order valence-corrected chi connectivity index (χ2v) is 3.31. The molecule has 2 rings (SSSR count). The van der Waals surface area contributed by atoms with Crippen LogP contribution in [-0.2, 0) is 12.4 Å². The second kappa shape index (κ2) is 3.58. The average Bonchev–Trinajstić information content (AvgIpc) is 2.54. The Kier molecular flexibility index (Phi) is 2.42. The summed E-state index contributed by atoms with van der Waals surface area (Å²) in [5.41, 5.74) is 1.60. The Labute approximate surface area is 86.3 Å². The van der Waals surface area contributed by atoms with Crippen LogP contribution in [0, 0.1) is 5.82 Å². The van der Waals surface area contributed by atoms with E-state index in [0.29, 0.717) is 5.88 Å². The molecule has 0 spiro atoms. The highest BCUT2D eigenvalue weighted by Gasteiger charge is 2.08. The molecular formula is C10H10ClFN2. The Balaban J connectivity index is 2.74. The first-order valence-electron chi connectivity index (χ1n) is 4.47. The Bertz CT molecular complexity index is 464. The van der Waals surface area contributed by atoms with Crippen LogP contribution in [0.25, 0.3) is 11.0 Å². The van der Waals surface area contributed by atoms with Crippen molar-refractivity contribution >= 4 is 22.6 Å². The first-order chi connectivity index (χ1) is 6.76. The van der Waals surface area contributed by atoms with E-state index in [1.165, 1.54) is 12.1 Å². The molecular weight excluding hydrogens is 203 g/mol. The molecule has 1 heterocycles. The van der Waals surface area contributed by atoms with Gasteiger partial charge in [-0.3, -0.25) is 0 Å². The van der Waals surface area contributed by atoms with Crippen molar-refractivity contribution in [2.24, 2.45) is 0 Å². The van der Waals surface area contributed by atoms with Crippen molar-refractivity contribution < 1.29 is 4.39 Å². The third kappa shape index (κ3) is 1.38. The number of alkyl halides is 1. The van der Waals surface area contributed by atoms with Crippen molar-refractivity contribution in [2.45, 2.75) is 19.3 Å². The monoisotopic (exact) mass is 212 g/mol. The molecule has 0 aliphatic heterocycles. The van der Waals surface area contributed by atoms with Crippen LogP contribution in [0.4, 0.5) is 4.39 Å². The Morgan fingerprint density at radius 3 is 2.93 bits per heavy atom. The number of halogens is 2. The van der Waals surface area contributed by atoms with E-state index in [1.54, 1.807) is 6.07 Å². The van der Waals surface area contributed by atoms with Gasteiger partial charge in [0.25, 0.3) is 0 Å². The standard InChI is InChI=1S/C10H10ClFN2/c1-2-14-9-5-7(12)3-4-8(9)13-10(14)6-11/h3-5H,2,6H2,1H3. The second-order valence-electron chi connectivity index (χ2n) is 3.04. The van der Waals surface area contributed by atoms with Crippen LogP contribution < -0.4 is 0 Å². The minimum absolute atomic E-state index is 0.242. The highest BCUT2D eigenvalue weighted by atomic mass is 35.5. The molecule has 0 aliphatic carbocycles. The Morgan fingerprint density at radius 2 is 2.29 bits per heavy atom. The molecule has 0 amide bonds. The number of hydrogen-bond acceptors (Lipinski definition) is 1. The molecule has 2 aromatic rings. The van der Waals surface area contributed by atoms with Crippen LogP contribution in [0.1, 0.15) is 12.7 Å². The van der Waals surface area contributed by atoms with E-state index < -0.39 is 0 Å². The average molecular weight is 213 g/mol. The molecule has 2 nitrogen and oxygen atoms in total. The predicted octanol–water partition coefficient (Wildman–Crippen LogP) is 2.93. The van der Waals surface area contributed by atoms with Gasteiger partial charge in [0.1, 0.15) is 11.6 Å². The van der Waals surface area contributed by atoms with Gasteiger partial charge in [0, 0.05) is 6.54 Å². The van der Waals surface area contributed by atoms with Gasteiger partial charge in [0.05, 0.1) is 16.9 Å². The lowest BCUT2D eigenvalue weighted by molar-refractivity contribution is 0.628. The summed E-state index contributed by atoms with van der Waals surface area (Å²) in [5, 5.41) is 0. The third-order valence-corrected chi connectivity index (χ3v) is 2.46. The van der Waals surface area contributed by atoms with Gasteiger partial charge >= 0.3 is 0 Å². The number of aryl methyl sites for hydroxylation is 1. The van der Waals surface area contributed by atoms with Crippen LogP contribution in [0.15, 0.2) is 18.2 Å². The van der Waals surface area contributed by atoms with Crippen molar-refractivity contribution in [3.63, 3.8) is 0 Å². The van der Waals surface area contributed by atoms with Crippen LogP contribution in [0.5, 0.6) is 0 Å². The number of fused-ring (bicyclic) bond motifs is 1. The van der Waals surface area contributed by atoms with Crippen molar-refractivity contribution in [2.75, 3.05) is 0 Å². The number of imidazole rings is 1. The predicted molar refractivity (Wildman–Crippen MR) is 54.9 cm³/mol. The Morgan fingerprint density at radius 1 is 1.50 bits per heavy atom. The van der Waals surface area contributed by atoms with Crippen LogP contribution in [-0.4, -0.2) is 9.55 Å². The van der Waals surface area contributed by atoms with E-state index in [4.69, 9.17) is 11.6 Å². The maximum Gasteiger partial charge on any atom is 0.125 e. The first-order valence-corrected chi connectivity index (χ1v) is 5.00. The summed E-state index contributed by atoms with van der Waals surface area (Å²) < 4.78 is 14.9. The summed E-state index contributed by atoms with van der Waals surface area (Å²) in [6.45, 7) is 2.74. The van der Waals surface area contributed by atoms with Gasteiger partial charge < -0.3 is 4.57 Å². The minimum atomic E-state index is -0.242. The summed E-state index contributed by atoms with van der Waals surface area (Å²) in [5.74, 6) is 0.896. The number of rotatable bonds is 2. The van der Waals surface area contributed by atoms with Gasteiger partial charge in [-0.25, -0.2) is 9.37 Å². The van der Waals surface area contributed by atoms with Gasteiger partial charge in [-0.1, -0.05) is 0 Å². The van der Waals surface area contributed by atoms with Gasteiger partial charge in [-0.05, 0) is 25.1 Å². The topological polar surface area (TPSA) is 17.8 Å². The van der Waals surface area contributed by atoms with Crippen LogP contribution in [0.3, 0.4) is 0 Å². The normalized spacial score (nSPS) is 11.1. The van der Waals surface area contributed by atoms with Crippen molar-refractivity contribution in [3.8, 4) is 0 Å². The van der Waals surface area contributed by atoms with Crippen molar-refractivity contribution in [1.29, 1.82) is 0 Å². The number of hydrogen-bond donors (Lipinski definition) is 0. The summed E-state index contributed by atoms with van der Waals surface area (Å²) in [7, 11) is 0.